The summed E-state index contributed by atoms with van der Waals surface area (Å²) in [5.41, 5.74) is 0.892. The van der Waals surface area contributed by atoms with E-state index in [0.29, 0.717) is 22.4 Å². The quantitative estimate of drug-likeness (QED) is 0.308. The van der Waals surface area contributed by atoms with Crippen LogP contribution in [0.3, 0.4) is 0 Å². The molecular formula is C24H20ClFN4O4S2. The van der Waals surface area contributed by atoms with Gasteiger partial charge in [0.25, 0.3) is 10.0 Å². The van der Waals surface area contributed by atoms with Gasteiger partial charge in [0, 0.05) is 10.6 Å². The molecule has 0 saturated heterocycles. The normalized spacial score (nSPS) is 11.2. The molecule has 186 valence electrons. The summed E-state index contributed by atoms with van der Waals surface area (Å²) in [5.74, 6) is -0.673. The van der Waals surface area contributed by atoms with Crippen LogP contribution in [0.1, 0.15) is 6.92 Å². The Bertz CT molecular complexity index is 1440. The highest BCUT2D eigenvalue weighted by Gasteiger charge is 2.28. The zero-order chi connectivity index (χ0) is 25.7. The maximum atomic E-state index is 13.5. The second-order valence-corrected chi connectivity index (χ2v) is 10.6. The van der Waals surface area contributed by atoms with Crippen molar-refractivity contribution in [3.8, 4) is 16.3 Å². The lowest BCUT2D eigenvalue weighted by atomic mass is 10.2. The van der Waals surface area contributed by atoms with E-state index in [1.165, 1.54) is 36.4 Å². The molecule has 0 radical (unpaired) electrons. The van der Waals surface area contributed by atoms with Gasteiger partial charge < -0.3 is 4.74 Å². The van der Waals surface area contributed by atoms with E-state index in [9.17, 15) is 17.6 Å². The summed E-state index contributed by atoms with van der Waals surface area (Å²) in [5, 5.41) is 11.9. The number of anilines is 2. The van der Waals surface area contributed by atoms with Crippen LogP contribution >= 0.6 is 22.9 Å². The number of nitrogens with zero attached hydrogens (tertiary/aromatic N) is 3. The third kappa shape index (κ3) is 5.99. The molecule has 0 unspecified atom stereocenters. The fourth-order valence-electron chi connectivity index (χ4n) is 3.20. The standard InChI is InChI=1S/C24H20ClFN4O4S2/c1-2-34-20-11-13-21(14-12-20)36(32,33)30(19-9-7-18(26)8-10-19)15-22(31)27-24-29-28-23(35-24)16-3-5-17(25)6-4-16/h3-14H,2,15H2,1H3,(H,27,29,31). The first-order chi connectivity index (χ1) is 17.3. The van der Waals surface area contributed by atoms with Gasteiger partial charge in [-0.05, 0) is 67.6 Å². The number of hydrogen-bond donors (Lipinski definition) is 1. The summed E-state index contributed by atoms with van der Waals surface area (Å²) >= 11 is 7.04. The number of carbonyl (C=O) groups is 1. The topological polar surface area (TPSA) is 101 Å². The Kier molecular flexibility index (Phi) is 7.82. The number of halogens is 2. The van der Waals surface area contributed by atoms with E-state index in [2.05, 4.69) is 15.5 Å². The number of benzene rings is 3. The maximum absolute atomic E-state index is 13.5. The number of sulfonamides is 1. The number of rotatable bonds is 9. The van der Waals surface area contributed by atoms with Crippen LogP contribution in [0.15, 0.2) is 77.7 Å². The zero-order valence-electron chi connectivity index (χ0n) is 18.9. The number of ether oxygens (including phenoxy) is 1. The molecule has 8 nitrogen and oxygen atoms in total. The van der Waals surface area contributed by atoms with Crippen LogP contribution in [0.5, 0.6) is 5.75 Å². The highest BCUT2D eigenvalue weighted by atomic mass is 35.5. The lowest BCUT2D eigenvalue weighted by Crippen LogP contribution is -2.38. The summed E-state index contributed by atoms with van der Waals surface area (Å²) in [7, 11) is -4.18. The summed E-state index contributed by atoms with van der Waals surface area (Å²) in [6.45, 7) is 1.67. The molecule has 12 heteroatoms. The molecule has 0 aliphatic carbocycles. The first-order valence-electron chi connectivity index (χ1n) is 10.7. The minimum atomic E-state index is -4.18. The van der Waals surface area contributed by atoms with Gasteiger partial charge in [-0.25, -0.2) is 12.8 Å². The van der Waals surface area contributed by atoms with Gasteiger partial charge in [-0.2, -0.15) is 0 Å². The van der Waals surface area contributed by atoms with Crippen LogP contribution in [0.2, 0.25) is 5.02 Å². The van der Waals surface area contributed by atoms with Crippen molar-refractivity contribution in [2.24, 2.45) is 0 Å². The van der Waals surface area contributed by atoms with Crippen molar-refractivity contribution in [1.29, 1.82) is 0 Å². The van der Waals surface area contributed by atoms with Gasteiger partial charge in [-0.1, -0.05) is 35.1 Å². The fourth-order valence-corrected chi connectivity index (χ4v) is 5.51. The highest BCUT2D eigenvalue weighted by Crippen LogP contribution is 2.28. The number of hydrogen-bond acceptors (Lipinski definition) is 7. The summed E-state index contributed by atoms with van der Waals surface area (Å²) in [4.78, 5) is 12.8. The molecule has 0 spiro atoms. The maximum Gasteiger partial charge on any atom is 0.264 e. The molecular weight excluding hydrogens is 527 g/mol. The van der Waals surface area contributed by atoms with Gasteiger partial charge >= 0.3 is 0 Å². The molecule has 1 N–H and O–H groups in total. The van der Waals surface area contributed by atoms with Crippen molar-refractivity contribution >= 4 is 49.7 Å². The monoisotopic (exact) mass is 546 g/mol. The predicted molar refractivity (Wildman–Crippen MR) is 138 cm³/mol. The Morgan fingerprint density at radius 1 is 1.03 bits per heavy atom. The van der Waals surface area contributed by atoms with Gasteiger partial charge in [0.2, 0.25) is 11.0 Å². The minimum Gasteiger partial charge on any atom is -0.494 e. The Labute approximate surface area is 216 Å². The molecule has 3 aromatic carbocycles. The third-order valence-electron chi connectivity index (χ3n) is 4.89. The minimum absolute atomic E-state index is 0.0518. The Hall–Kier alpha value is -3.54. The van der Waals surface area contributed by atoms with Crippen LogP contribution < -0.4 is 14.4 Å². The van der Waals surface area contributed by atoms with Gasteiger partial charge in [0.1, 0.15) is 23.1 Å². The van der Waals surface area contributed by atoms with Crippen LogP contribution in [0, 0.1) is 5.82 Å². The predicted octanol–water partition coefficient (Wildman–Crippen LogP) is 5.23. The Morgan fingerprint density at radius 2 is 1.69 bits per heavy atom. The summed E-state index contributed by atoms with van der Waals surface area (Å²) < 4.78 is 46.7. The molecule has 0 saturated carbocycles. The van der Waals surface area contributed by atoms with Crippen molar-refractivity contribution in [2.75, 3.05) is 22.8 Å². The van der Waals surface area contributed by atoms with Crippen LogP contribution in [-0.4, -0.2) is 37.7 Å². The van der Waals surface area contributed by atoms with Crippen molar-refractivity contribution in [1.82, 2.24) is 10.2 Å². The number of amides is 1. The van der Waals surface area contributed by atoms with E-state index in [4.69, 9.17) is 16.3 Å². The van der Waals surface area contributed by atoms with Crippen LogP contribution in [0.25, 0.3) is 10.6 Å². The molecule has 36 heavy (non-hydrogen) atoms. The Morgan fingerprint density at radius 3 is 2.33 bits per heavy atom. The molecule has 0 aliphatic rings. The Balaban J connectivity index is 1.57. The lowest BCUT2D eigenvalue weighted by Gasteiger charge is -2.24. The van der Waals surface area contributed by atoms with E-state index >= 15 is 0 Å². The van der Waals surface area contributed by atoms with Gasteiger partial charge in [-0.15, -0.1) is 10.2 Å². The third-order valence-corrected chi connectivity index (χ3v) is 7.81. The number of aromatic nitrogens is 2. The van der Waals surface area contributed by atoms with E-state index in [1.807, 2.05) is 6.92 Å². The molecule has 0 fully saturated rings. The van der Waals surface area contributed by atoms with E-state index in [-0.39, 0.29) is 15.7 Å². The molecule has 1 heterocycles. The fraction of sp³-hybridized carbons (Fsp3) is 0.125. The smallest absolute Gasteiger partial charge is 0.264 e. The van der Waals surface area contributed by atoms with Crippen molar-refractivity contribution in [2.45, 2.75) is 11.8 Å². The highest BCUT2D eigenvalue weighted by molar-refractivity contribution is 7.92. The van der Waals surface area contributed by atoms with Crippen LogP contribution in [-0.2, 0) is 14.8 Å². The van der Waals surface area contributed by atoms with Crippen molar-refractivity contribution < 1.29 is 22.3 Å². The second-order valence-electron chi connectivity index (χ2n) is 7.36. The number of nitrogens with one attached hydrogen (secondary N) is 1. The molecule has 0 atom stereocenters. The largest absolute Gasteiger partial charge is 0.494 e. The molecule has 0 aliphatic heterocycles. The van der Waals surface area contributed by atoms with E-state index in [0.717, 1.165) is 33.3 Å². The first-order valence-corrected chi connectivity index (χ1v) is 13.3. The molecule has 0 bridgehead atoms. The molecule has 1 aromatic heterocycles. The van der Waals surface area contributed by atoms with Gasteiger partial charge in [0.15, 0.2) is 0 Å². The first kappa shape index (κ1) is 25.5. The van der Waals surface area contributed by atoms with Crippen molar-refractivity contribution in [3.63, 3.8) is 0 Å². The summed E-state index contributed by atoms with van der Waals surface area (Å²) in [6.07, 6.45) is 0. The van der Waals surface area contributed by atoms with Gasteiger partial charge in [-0.3, -0.25) is 14.4 Å². The summed E-state index contributed by atoms with van der Waals surface area (Å²) in [6, 6.07) is 17.6. The SMILES string of the molecule is CCOc1ccc(S(=O)(=O)N(CC(=O)Nc2nnc(-c3ccc(Cl)cc3)s2)c2ccc(F)cc2)cc1. The number of carbonyl (C=O) groups excluding carboxylic acids is 1. The van der Waals surface area contributed by atoms with E-state index in [1.54, 1.807) is 24.3 Å². The van der Waals surface area contributed by atoms with E-state index < -0.39 is 28.3 Å². The molecule has 1 amide bonds. The van der Waals surface area contributed by atoms with Gasteiger partial charge in [0.05, 0.1) is 17.2 Å². The van der Waals surface area contributed by atoms with Crippen LogP contribution in [0.4, 0.5) is 15.2 Å². The zero-order valence-corrected chi connectivity index (χ0v) is 21.3. The average Bonchev–Trinajstić information content (AvgIpc) is 3.32. The molecule has 4 aromatic rings. The van der Waals surface area contributed by atoms with Crippen molar-refractivity contribution in [3.05, 3.63) is 83.6 Å². The second kappa shape index (κ2) is 11.0. The lowest BCUT2D eigenvalue weighted by molar-refractivity contribution is -0.114. The molecule has 4 rings (SSSR count). The average molecular weight is 547 g/mol.